The molecule has 2 atom stereocenters. The number of carbonyl (C=O) groups is 3. The first-order valence-corrected chi connectivity index (χ1v) is 16.7. The van der Waals surface area contributed by atoms with Crippen LogP contribution in [0.1, 0.15) is 30.5 Å². The van der Waals surface area contributed by atoms with E-state index in [0.717, 1.165) is 43.6 Å². The maximum absolute atomic E-state index is 14.4. The molecule has 2 aliphatic rings. The summed E-state index contributed by atoms with van der Waals surface area (Å²) in [5.74, 6) is 0.369. The summed E-state index contributed by atoms with van der Waals surface area (Å²) < 4.78 is 11.7. The van der Waals surface area contributed by atoms with Crippen LogP contribution in [-0.4, -0.2) is 81.1 Å². The summed E-state index contributed by atoms with van der Waals surface area (Å²) in [7, 11) is 1.61. The average Bonchev–Trinajstić information content (AvgIpc) is 3.78. The second-order valence-electron chi connectivity index (χ2n) is 12.4. The maximum Gasteiger partial charge on any atom is 0.332 e. The lowest BCUT2D eigenvalue weighted by atomic mass is 9.99. The quantitative estimate of drug-likeness (QED) is 0.233. The fraction of sp³-hybridized carbons (Fsp3) is 0.314. The first-order chi connectivity index (χ1) is 23.2. The van der Waals surface area contributed by atoms with Crippen LogP contribution in [0.5, 0.6) is 5.75 Å². The van der Waals surface area contributed by atoms with Gasteiger partial charge in [-0.25, -0.2) is 9.78 Å². The number of carbonyl (C=O) groups excluding carboxylic acids is 3. The summed E-state index contributed by atoms with van der Waals surface area (Å²) in [5.41, 5.74) is 10.2. The number of ether oxygens (including phenoxy) is 1. The molecule has 0 radical (unpaired) electrons. The summed E-state index contributed by atoms with van der Waals surface area (Å²) in [6.45, 7) is 4.59. The van der Waals surface area contributed by atoms with Crippen LogP contribution >= 0.6 is 11.3 Å². The summed E-state index contributed by atoms with van der Waals surface area (Å²) in [6.07, 6.45) is 1.38. The molecule has 3 aromatic carbocycles. The number of aromatic nitrogens is 1. The van der Waals surface area contributed by atoms with Crippen molar-refractivity contribution in [3.8, 4) is 5.75 Å². The van der Waals surface area contributed by atoms with Gasteiger partial charge in [0.1, 0.15) is 23.5 Å². The van der Waals surface area contributed by atoms with Crippen molar-refractivity contribution in [2.24, 2.45) is 0 Å². The predicted molar refractivity (Wildman–Crippen MR) is 183 cm³/mol. The molecule has 2 aromatic heterocycles. The van der Waals surface area contributed by atoms with E-state index in [-0.39, 0.29) is 43.5 Å². The average molecular weight is 668 g/mol. The molecule has 4 amide bonds. The van der Waals surface area contributed by atoms with Crippen molar-refractivity contribution in [1.29, 1.82) is 0 Å². The van der Waals surface area contributed by atoms with Crippen LogP contribution in [0.4, 0.5) is 9.93 Å². The highest BCUT2D eigenvalue weighted by Gasteiger charge is 2.52. The molecule has 0 bridgehead atoms. The van der Waals surface area contributed by atoms with E-state index in [1.54, 1.807) is 28.2 Å². The van der Waals surface area contributed by atoms with E-state index < -0.39 is 12.2 Å². The first kappa shape index (κ1) is 31.5. The molecule has 248 valence electrons. The lowest BCUT2D eigenvalue weighted by Gasteiger charge is -2.47. The number of piperazine rings is 1. The Morgan fingerprint density at radius 3 is 2.69 bits per heavy atom. The number of nitrogens with zero attached hydrogens (tertiary/aromatic N) is 5. The number of nitrogen functional groups attached to an aromatic ring is 1. The van der Waals surface area contributed by atoms with Gasteiger partial charge in [0, 0.05) is 30.9 Å². The molecule has 2 saturated heterocycles. The zero-order chi connectivity index (χ0) is 33.5. The number of urea groups is 1. The van der Waals surface area contributed by atoms with Crippen LogP contribution < -0.4 is 15.8 Å². The van der Waals surface area contributed by atoms with Crippen molar-refractivity contribution in [1.82, 2.24) is 30.1 Å². The number of thiazole rings is 1. The molecule has 0 aliphatic carbocycles. The monoisotopic (exact) mass is 667 g/mol. The van der Waals surface area contributed by atoms with Crippen LogP contribution in [0.2, 0.25) is 0 Å². The fourth-order valence-corrected chi connectivity index (χ4v) is 7.52. The van der Waals surface area contributed by atoms with Crippen LogP contribution in [0.3, 0.4) is 0 Å². The van der Waals surface area contributed by atoms with Gasteiger partial charge in [0.05, 0.1) is 36.7 Å². The number of benzene rings is 3. The van der Waals surface area contributed by atoms with Gasteiger partial charge < -0.3 is 30.0 Å². The lowest BCUT2D eigenvalue weighted by Crippen LogP contribution is -2.66. The largest absolute Gasteiger partial charge is 0.497 e. The number of para-hydroxylation sites is 1. The number of furan rings is 1. The van der Waals surface area contributed by atoms with Crippen LogP contribution in [0.15, 0.2) is 77.4 Å². The number of fused-ring (bicyclic) bond motifs is 3. The summed E-state index contributed by atoms with van der Waals surface area (Å²) in [5, 5.41) is 7.82. The van der Waals surface area contributed by atoms with Crippen molar-refractivity contribution in [3.63, 3.8) is 0 Å². The topological polar surface area (TPSA) is 137 Å². The minimum Gasteiger partial charge on any atom is -0.497 e. The van der Waals surface area contributed by atoms with E-state index in [9.17, 15) is 14.4 Å². The Balaban J connectivity index is 1.20. The number of nitrogens with one attached hydrogen (secondary N) is 1. The number of anilines is 1. The van der Waals surface area contributed by atoms with Gasteiger partial charge in [-0.2, -0.15) is 5.01 Å². The normalized spacial score (nSPS) is 18.2. The molecule has 3 N–H and O–H groups in total. The second kappa shape index (κ2) is 12.8. The molecule has 0 spiro atoms. The Bertz CT molecular complexity index is 1990. The van der Waals surface area contributed by atoms with E-state index >= 15 is 0 Å². The van der Waals surface area contributed by atoms with Crippen LogP contribution in [-0.2, 0) is 29.1 Å². The van der Waals surface area contributed by atoms with Gasteiger partial charge in [-0.15, -0.1) is 0 Å². The van der Waals surface area contributed by atoms with Gasteiger partial charge >= 0.3 is 6.03 Å². The minimum absolute atomic E-state index is 0.0324. The number of hydrogen-bond donors (Lipinski definition) is 2. The van der Waals surface area contributed by atoms with Crippen LogP contribution in [0, 0.1) is 0 Å². The fourth-order valence-electron chi connectivity index (χ4n) is 6.74. The third kappa shape index (κ3) is 5.90. The van der Waals surface area contributed by atoms with Crippen LogP contribution in [0.25, 0.3) is 21.2 Å². The highest BCUT2D eigenvalue weighted by atomic mass is 32.1. The summed E-state index contributed by atoms with van der Waals surface area (Å²) in [4.78, 5) is 50.1. The van der Waals surface area contributed by atoms with E-state index in [2.05, 4.69) is 10.3 Å². The Kier molecular flexibility index (Phi) is 8.40. The van der Waals surface area contributed by atoms with Crippen molar-refractivity contribution in [2.75, 3.05) is 25.9 Å². The lowest BCUT2D eigenvalue weighted by molar-refractivity contribution is -0.158. The third-order valence-electron chi connectivity index (χ3n) is 8.97. The Morgan fingerprint density at radius 2 is 1.92 bits per heavy atom. The molecule has 0 unspecified atom stereocenters. The van der Waals surface area contributed by atoms with E-state index in [1.165, 1.54) is 11.3 Å². The minimum atomic E-state index is -0.776. The Labute approximate surface area is 281 Å². The number of hydrogen-bond acceptors (Lipinski definition) is 9. The second-order valence-corrected chi connectivity index (χ2v) is 13.4. The third-order valence-corrected chi connectivity index (χ3v) is 9.82. The molecule has 13 heteroatoms. The highest BCUT2D eigenvalue weighted by molar-refractivity contribution is 7.22. The first-order valence-electron chi connectivity index (χ1n) is 15.9. The summed E-state index contributed by atoms with van der Waals surface area (Å²) >= 11 is 1.40. The Morgan fingerprint density at radius 1 is 1.12 bits per heavy atom. The van der Waals surface area contributed by atoms with Crippen molar-refractivity contribution < 1.29 is 23.5 Å². The highest BCUT2D eigenvalue weighted by Crippen LogP contribution is 2.33. The predicted octanol–water partition coefficient (Wildman–Crippen LogP) is 4.59. The maximum atomic E-state index is 14.4. The number of methoxy groups -OCH3 is 1. The van der Waals surface area contributed by atoms with Gasteiger partial charge in [0.25, 0.3) is 0 Å². The zero-order valence-corrected chi connectivity index (χ0v) is 27.8. The molecule has 48 heavy (non-hydrogen) atoms. The molecule has 4 heterocycles. The zero-order valence-electron chi connectivity index (χ0n) is 27.0. The standard InChI is InChI=1S/C35H37N7O5S/c1-21(2)42(35(45)37-17-22-7-10-26(46-3)11-8-22)40-20-31(43)41-27(16-23-9-12-28-24(15-23)13-14-47-28)33(44)39(19-30(40)41)18-25-5-4-6-29-32(25)38-34(36)48-29/h4-15,21,27,30H,16-20H2,1-3H3,(H2,36,38)(H,37,45)/t27-,30+/m0/s1. The van der Waals surface area contributed by atoms with Gasteiger partial charge in [0.2, 0.25) is 11.8 Å². The van der Waals surface area contributed by atoms with Gasteiger partial charge in [-0.3, -0.25) is 14.6 Å². The number of rotatable bonds is 9. The van der Waals surface area contributed by atoms with Gasteiger partial charge in [0.15, 0.2) is 5.13 Å². The van der Waals surface area contributed by atoms with E-state index in [4.69, 9.17) is 14.9 Å². The number of nitrogens with two attached hydrogens (primary N) is 1. The molecule has 0 saturated carbocycles. The molecule has 2 fully saturated rings. The Hall–Kier alpha value is -5.14. The van der Waals surface area contributed by atoms with E-state index in [0.29, 0.717) is 18.1 Å². The molecule has 12 nitrogen and oxygen atoms in total. The molecule has 5 aromatic rings. The summed E-state index contributed by atoms with van der Waals surface area (Å²) in [6, 6.07) is 19.6. The van der Waals surface area contributed by atoms with Gasteiger partial charge in [-0.05, 0) is 66.9 Å². The number of hydrazine groups is 1. The molecule has 7 rings (SSSR count). The van der Waals surface area contributed by atoms with Crippen molar-refractivity contribution in [2.45, 2.75) is 51.6 Å². The SMILES string of the molecule is COc1ccc(CNC(=O)N(C(C)C)N2CC(=O)N3[C@@H](Cc4ccc5occc5c4)C(=O)N(Cc4cccc5sc(N)nc45)C[C@@H]32)cc1. The van der Waals surface area contributed by atoms with Crippen molar-refractivity contribution in [3.05, 3.63) is 89.7 Å². The number of amides is 4. The van der Waals surface area contributed by atoms with Gasteiger partial charge in [-0.1, -0.05) is 41.7 Å². The molecule has 2 aliphatic heterocycles. The van der Waals surface area contributed by atoms with E-state index in [1.807, 2.05) is 85.6 Å². The molecular weight excluding hydrogens is 630 g/mol. The smallest absolute Gasteiger partial charge is 0.332 e. The van der Waals surface area contributed by atoms with Crippen molar-refractivity contribution >= 4 is 55.5 Å². The molecular formula is C35H37N7O5S.